The van der Waals surface area contributed by atoms with E-state index in [1.54, 1.807) is 6.20 Å². The van der Waals surface area contributed by atoms with Crippen molar-refractivity contribution >= 4 is 24.3 Å². The smallest absolute Gasteiger partial charge is 0.303 e. The van der Waals surface area contributed by atoms with Gasteiger partial charge in [-0.05, 0) is 24.5 Å². The molecule has 1 aromatic carbocycles. The molecule has 1 aromatic heterocycles. The van der Waals surface area contributed by atoms with Crippen molar-refractivity contribution in [2.45, 2.75) is 32.6 Å². The van der Waals surface area contributed by atoms with Gasteiger partial charge in [-0.3, -0.25) is 4.79 Å². The van der Waals surface area contributed by atoms with Crippen molar-refractivity contribution in [3.05, 3.63) is 41.7 Å². The number of hydrogen-bond acceptors (Lipinski definition) is 6. The number of halogens is 1. The molecule has 0 fully saturated rings. The van der Waals surface area contributed by atoms with Gasteiger partial charge in [-0.1, -0.05) is 25.1 Å². The third-order valence-corrected chi connectivity index (χ3v) is 3.57. The van der Waals surface area contributed by atoms with Gasteiger partial charge in [0.1, 0.15) is 5.75 Å². The first-order valence-corrected chi connectivity index (χ1v) is 8.26. The number of anilines is 1. The van der Waals surface area contributed by atoms with Gasteiger partial charge < -0.3 is 20.3 Å². The molecule has 0 aliphatic carbocycles. The van der Waals surface area contributed by atoms with Gasteiger partial charge in [0.25, 0.3) is 0 Å². The van der Waals surface area contributed by atoms with E-state index < -0.39 is 5.97 Å². The molecular formula is C18H24ClN3O4. The summed E-state index contributed by atoms with van der Waals surface area (Å²) in [5.41, 5.74) is 7.25. The summed E-state index contributed by atoms with van der Waals surface area (Å²) in [4.78, 5) is 18.8. The molecule has 0 atom stereocenters. The predicted octanol–water partition coefficient (Wildman–Crippen LogP) is 2.91. The zero-order chi connectivity index (χ0) is 18.1. The normalized spacial score (nSPS) is 10.0. The highest BCUT2D eigenvalue weighted by Gasteiger charge is 2.07. The Balaban J connectivity index is 0.00000338. The summed E-state index contributed by atoms with van der Waals surface area (Å²) in [5.74, 6) is 0.776. The maximum absolute atomic E-state index is 10.7. The first kappa shape index (κ1) is 21.5. The van der Waals surface area contributed by atoms with Crippen molar-refractivity contribution in [3.63, 3.8) is 0 Å². The highest BCUT2D eigenvalue weighted by Crippen LogP contribution is 2.20. The minimum absolute atomic E-state index is 0. The lowest BCUT2D eigenvalue weighted by Crippen LogP contribution is -2.09. The van der Waals surface area contributed by atoms with Crippen LogP contribution in [0.5, 0.6) is 11.5 Å². The Labute approximate surface area is 159 Å². The predicted molar refractivity (Wildman–Crippen MR) is 101 cm³/mol. The lowest BCUT2D eigenvalue weighted by atomic mass is 10.1. The number of hydrogen-bond donors (Lipinski definition) is 2. The summed E-state index contributed by atoms with van der Waals surface area (Å²) in [7, 11) is 0. The SMILES string of the molecule is CCc1nc(N)ncc1OCCCOc1ccccc1CCC(=O)O.Cl. The number of para-hydroxylation sites is 1. The van der Waals surface area contributed by atoms with Gasteiger partial charge in [0.15, 0.2) is 5.75 Å². The average molecular weight is 382 g/mol. The van der Waals surface area contributed by atoms with Gasteiger partial charge in [-0.15, -0.1) is 12.4 Å². The van der Waals surface area contributed by atoms with E-state index in [4.69, 9.17) is 20.3 Å². The first-order chi connectivity index (χ1) is 12.1. The fourth-order valence-electron chi connectivity index (χ4n) is 2.31. The third kappa shape index (κ3) is 6.76. The van der Waals surface area contributed by atoms with E-state index >= 15 is 0 Å². The van der Waals surface area contributed by atoms with Crippen LogP contribution >= 0.6 is 12.4 Å². The summed E-state index contributed by atoms with van der Waals surface area (Å²) < 4.78 is 11.5. The van der Waals surface area contributed by atoms with E-state index in [0.717, 1.165) is 17.7 Å². The number of benzene rings is 1. The van der Waals surface area contributed by atoms with Crippen LogP contribution in [0, 0.1) is 0 Å². The molecule has 0 saturated heterocycles. The maximum Gasteiger partial charge on any atom is 0.303 e. The second kappa shape index (κ2) is 11.1. The number of aliphatic carboxylic acids is 1. The molecule has 8 heteroatoms. The second-order valence-corrected chi connectivity index (χ2v) is 5.44. The van der Waals surface area contributed by atoms with Crippen molar-refractivity contribution in [1.29, 1.82) is 0 Å². The van der Waals surface area contributed by atoms with Gasteiger partial charge in [0.05, 0.1) is 25.1 Å². The topological polar surface area (TPSA) is 108 Å². The summed E-state index contributed by atoms with van der Waals surface area (Å²) in [6, 6.07) is 7.48. The monoisotopic (exact) mass is 381 g/mol. The molecular weight excluding hydrogens is 358 g/mol. The van der Waals surface area contributed by atoms with E-state index in [1.807, 2.05) is 31.2 Å². The quantitative estimate of drug-likeness (QED) is 0.609. The minimum Gasteiger partial charge on any atom is -0.493 e. The van der Waals surface area contributed by atoms with Crippen LogP contribution in [0.4, 0.5) is 5.95 Å². The van der Waals surface area contributed by atoms with Gasteiger partial charge in [0, 0.05) is 12.8 Å². The third-order valence-electron chi connectivity index (χ3n) is 3.57. The van der Waals surface area contributed by atoms with Gasteiger partial charge in [0.2, 0.25) is 5.95 Å². The van der Waals surface area contributed by atoms with E-state index in [1.165, 1.54) is 0 Å². The Kier molecular flexibility index (Phi) is 9.22. The number of ether oxygens (including phenoxy) is 2. The lowest BCUT2D eigenvalue weighted by molar-refractivity contribution is -0.136. The zero-order valence-corrected chi connectivity index (χ0v) is 15.5. The zero-order valence-electron chi connectivity index (χ0n) is 14.7. The minimum atomic E-state index is -0.819. The van der Waals surface area contributed by atoms with Crippen molar-refractivity contribution in [2.75, 3.05) is 18.9 Å². The van der Waals surface area contributed by atoms with Crippen molar-refractivity contribution in [1.82, 2.24) is 9.97 Å². The molecule has 0 aliphatic rings. The molecule has 0 unspecified atom stereocenters. The van der Waals surface area contributed by atoms with Crippen LogP contribution in [0.3, 0.4) is 0 Å². The maximum atomic E-state index is 10.7. The number of aryl methyl sites for hydroxylation is 2. The number of carbonyl (C=O) groups is 1. The van der Waals surface area contributed by atoms with Crippen LogP contribution < -0.4 is 15.2 Å². The Bertz CT molecular complexity index is 713. The largest absolute Gasteiger partial charge is 0.493 e. The van der Waals surface area contributed by atoms with Crippen LogP contribution in [-0.4, -0.2) is 34.3 Å². The molecule has 2 rings (SSSR count). The molecule has 0 spiro atoms. The van der Waals surface area contributed by atoms with Crippen molar-refractivity contribution < 1.29 is 19.4 Å². The van der Waals surface area contributed by atoms with E-state index in [-0.39, 0.29) is 24.8 Å². The second-order valence-electron chi connectivity index (χ2n) is 5.44. The fraction of sp³-hybridized carbons (Fsp3) is 0.389. The summed E-state index contributed by atoms with van der Waals surface area (Å²) >= 11 is 0. The molecule has 2 aromatic rings. The molecule has 0 amide bonds. The molecule has 26 heavy (non-hydrogen) atoms. The molecule has 7 nitrogen and oxygen atoms in total. The summed E-state index contributed by atoms with van der Waals surface area (Å²) in [6.45, 7) is 2.92. The van der Waals surface area contributed by atoms with Crippen LogP contribution in [0.15, 0.2) is 30.5 Å². The van der Waals surface area contributed by atoms with Crippen LogP contribution in [0.1, 0.15) is 31.0 Å². The Hall–Kier alpha value is -2.54. The number of nitrogens with zero attached hydrogens (tertiary/aromatic N) is 2. The number of nitrogens with two attached hydrogens (primary N) is 1. The Morgan fingerprint density at radius 1 is 1.19 bits per heavy atom. The van der Waals surface area contributed by atoms with Crippen molar-refractivity contribution in [2.24, 2.45) is 0 Å². The molecule has 3 N–H and O–H groups in total. The van der Waals surface area contributed by atoms with E-state index in [9.17, 15) is 4.79 Å². The number of nitrogen functional groups attached to an aromatic ring is 1. The fourth-order valence-corrected chi connectivity index (χ4v) is 2.31. The molecule has 0 radical (unpaired) electrons. The molecule has 0 bridgehead atoms. The average Bonchev–Trinajstić information content (AvgIpc) is 2.61. The molecule has 0 saturated carbocycles. The Morgan fingerprint density at radius 3 is 2.58 bits per heavy atom. The van der Waals surface area contributed by atoms with Crippen molar-refractivity contribution in [3.8, 4) is 11.5 Å². The molecule has 1 heterocycles. The highest BCUT2D eigenvalue weighted by molar-refractivity contribution is 5.85. The van der Waals surface area contributed by atoms with E-state index in [0.29, 0.717) is 37.6 Å². The lowest BCUT2D eigenvalue weighted by Gasteiger charge is -2.12. The standard InChI is InChI=1S/C18H23N3O4.ClH/c1-2-14-16(12-20-18(19)21-14)25-11-5-10-24-15-7-4-3-6-13(15)8-9-17(22)23;/h3-4,6-7,12H,2,5,8-11H2,1H3,(H,22,23)(H2,19,20,21);1H. The Morgan fingerprint density at radius 2 is 1.88 bits per heavy atom. The van der Waals surface area contributed by atoms with E-state index in [2.05, 4.69) is 9.97 Å². The summed E-state index contributed by atoms with van der Waals surface area (Å²) in [6.07, 6.45) is 3.52. The van der Waals surface area contributed by atoms with Gasteiger partial charge >= 0.3 is 5.97 Å². The first-order valence-electron chi connectivity index (χ1n) is 8.26. The number of carboxylic acids is 1. The van der Waals surface area contributed by atoms with Crippen LogP contribution in [0.2, 0.25) is 0 Å². The highest BCUT2D eigenvalue weighted by atomic mass is 35.5. The number of rotatable bonds is 10. The molecule has 0 aliphatic heterocycles. The number of aromatic nitrogens is 2. The molecule has 142 valence electrons. The van der Waals surface area contributed by atoms with Crippen LogP contribution in [0.25, 0.3) is 0 Å². The van der Waals surface area contributed by atoms with Gasteiger partial charge in [-0.2, -0.15) is 0 Å². The summed E-state index contributed by atoms with van der Waals surface area (Å²) in [5, 5.41) is 8.80. The van der Waals surface area contributed by atoms with Crippen LogP contribution in [-0.2, 0) is 17.6 Å². The number of carboxylic acid groups (broad SMARTS) is 1. The van der Waals surface area contributed by atoms with Gasteiger partial charge in [-0.25, -0.2) is 9.97 Å².